The summed E-state index contributed by atoms with van der Waals surface area (Å²) < 4.78 is 11.8. The zero-order valence-corrected chi connectivity index (χ0v) is 17.9. The van der Waals surface area contributed by atoms with Crippen molar-refractivity contribution >= 4 is 5.91 Å². The summed E-state index contributed by atoms with van der Waals surface area (Å²) in [6, 6.07) is 6.12. The molecule has 2 aliphatic carbocycles. The lowest BCUT2D eigenvalue weighted by molar-refractivity contribution is -0.137. The third kappa shape index (κ3) is 4.02. The Hall–Kier alpha value is -2.01. The van der Waals surface area contributed by atoms with Crippen LogP contribution in [-0.2, 0) is 4.79 Å². The first-order valence-electron chi connectivity index (χ1n) is 11.1. The fraction of sp³-hybridized carbons (Fsp3) is 0.625. The van der Waals surface area contributed by atoms with E-state index < -0.39 is 5.41 Å². The van der Waals surface area contributed by atoms with Crippen LogP contribution in [0, 0.1) is 5.41 Å². The Bertz CT molecular complexity index is 767. The predicted molar refractivity (Wildman–Crippen MR) is 114 cm³/mol. The molecule has 29 heavy (non-hydrogen) atoms. The lowest BCUT2D eigenvalue weighted by Gasteiger charge is -2.26. The maximum Gasteiger partial charge on any atom is 0.244 e. The number of hydrogen-bond acceptors (Lipinski definition) is 4. The Balaban J connectivity index is 1.60. The van der Waals surface area contributed by atoms with Crippen LogP contribution in [-0.4, -0.2) is 30.2 Å². The summed E-state index contributed by atoms with van der Waals surface area (Å²) in [5.41, 5.74) is 4.08. The summed E-state index contributed by atoms with van der Waals surface area (Å²) in [4.78, 5) is 13.3. The van der Waals surface area contributed by atoms with Gasteiger partial charge in [0, 0.05) is 0 Å². The molecule has 2 fully saturated rings. The van der Waals surface area contributed by atoms with Crippen molar-refractivity contribution in [2.75, 3.05) is 7.11 Å². The van der Waals surface area contributed by atoms with Crippen LogP contribution in [0.3, 0.4) is 0 Å². The topological polar surface area (TPSA) is 50.8 Å². The van der Waals surface area contributed by atoms with E-state index >= 15 is 0 Å². The number of amides is 1. The van der Waals surface area contributed by atoms with Crippen molar-refractivity contribution in [3.63, 3.8) is 0 Å². The van der Waals surface area contributed by atoms with Crippen LogP contribution < -0.4 is 14.9 Å². The first-order valence-corrected chi connectivity index (χ1v) is 11.1. The molecule has 158 valence electrons. The van der Waals surface area contributed by atoms with Crippen molar-refractivity contribution in [3.05, 3.63) is 35.9 Å². The van der Waals surface area contributed by atoms with E-state index in [1.807, 2.05) is 24.9 Å². The second-order valence-electron chi connectivity index (χ2n) is 9.17. The van der Waals surface area contributed by atoms with Crippen molar-refractivity contribution < 1.29 is 14.3 Å². The molecule has 3 aliphatic rings. The van der Waals surface area contributed by atoms with Gasteiger partial charge in [0.25, 0.3) is 0 Å². The maximum absolute atomic E-state index is 13.3. The first kappa shape index (κ1) is 20.3. The quantitative estimate of drug-likeness (QED) is 0.715. The highest BCUT2D eigenvalue weighted by atomic mass is 16.5. The van der Waals surface area contributed by atoms with Crippen LogP contribution in [0.4, 0.5) is 0 Å². The number of carbonyl (C=O) groups excluding carboxylic acids is 1. The van der Waals surface area contributed by atoms with Gasteiger partial charge in [0.1, 0.15) is 0 Å². The second-order valence-corrected chi connectivity index (χ2v) is 9.17. The van der Waals surface area contributed by atoms with Crippen LogP contribution in [0.2, 0.25) is 0 Å². The van der Waals surface area contributed by atoms with Gasteiger partial charge in [-0.3, -0.25) is 9.80 Å². The standard InChI is InChI=1S/C24H34N2O3/c1-24(2)22(25-26(23(24)27)18-10-6-4-5-7-11-18)17-14-15-20(28-3)21(16-17)29-19-12-8-9-13-19/h6,10,14-16,18-19,22,25H,4-5,7-9,11-13H2,1-3H3/t18-,22?/m1/s1. The predicted octanol–water partition coefficient (Wildman–Crippen LogP) is 4.93. The van der Waals surface area contributed by atoms with Crippen molar-refractivity contribution in [1.29, 1.82) is 0 Å². The van der Waals surface area contributed by atoms with Gasteiger partial charge in [0.15, 0.2) is 11.5 Å². The molecule has 1 saturated heterocycles. The molecule has 2 atom stereocenters. The number of ether oxygens (including phenoxy) is 2. The second kappa shape index (κ2) is 8.39. The smallest absolute Gasteiger partial charge is 0.244 e. The molecule has 0 spiro atoms. The van der Waals surface area contributed by atoms with E-state index in [9.17, 15) is 4.79 Å². The van der Waals surface area contributed by atoms with Crippen molar-refractivity contribution in [3.8, 4) is 11.5 Å². The average Bonchev–Trinajstić information content (AvgIpc) is 3.18. The monoisotopic (exact) mass is 398 g/mol. The number of benzene rings is 1. The molecular formula is C24H34N2O3. The molecule has 0 radical (unpaired) electrons. The Morgan fingerprint density at radius 2 is 1.83 bits per heavy atom. The van der Waals surface area contributed by atoms with Crippen LogP contribution in [0.5, 0.6) is 11.5 Å². The summed E-state index contributed by atoms with van der Waals surface area (Å²) in [5.74, 6) is 1.70. The lowest BCUT2D eigenvalue weighted by Crippen LogP contribution is -2.43. The van der Waals surface area contributed by atoms with Crippen molar-refractivity contribution in [2.45, 2.75) is 83.4 Å². The minimum Gasteiger partial charge on any atom is -0.493 e. The van der Waals surface area contributed by atoms with Gasteiger partial charge in [-0.25, -0.2) is 5.43 Å². The molecule has 5 heteroatoms. The summed E-state index contributed by atoms with van der Waals surface area (Å²) >= 11 is 0. The number of carbonyl (C=O) groups is 1. The maximum atomic E-state index is 13.3. The number of hydrogen-bond donors (Lipinski definition) is 1. The van der Waals surface area contributed by atoms with Gasteiger partial charge in [0.05, 0.1) is 30.7 Å². The highest BCUT2D eigenvalue weighted by Crippen LogP contribution is 2.44. The fourth-order valence-corrected chi connectivity index (χ4v) is 4.86. The number of hydrazine groups is 1. The van der Waals surface area contributed by atoms with E-state index in [0.29, 0.717) is 0 Å². The molecule has 1 aromatic rings. The Morgan fingerprint density at radius 1 is 1.07 bits per heavy atom. The molecule has 1 amide bonds. The summed E-state index contributed by atoms with van der Waals surface area (Å²) in [7, 11) is 1.68. The number of nitrogens with one attached hydrogen (secondary N) is 1. The number of allylic oxidation sites excluding steroid dienone is 1. The number of rotatable bonds is 5. The van der Waals surface area contributed by atoms with Gasteiger partial charge in [-0.05, 0) is 76.5 Å². The Kier molecular flexibility index (Phi) is 5.86. The number of nitrogens with zero attached hydrogens (tertiary/aromatic N) is 1. The zero-order chi connectivity index (χ0) is 20.4. The highest BCUT2D eigenvalue weighted by Gasteiger charge is 2.49. The SMILES string of the molecule is COc1ccc(C2NN([C@@H]3C=CCCCC3)C(=O)C2(C)C)cc1OC1CCCC1. The van der Waals surface area contributed by atoms with E-state index in [-0.39, 0.29) is 24.1 Å². The van der Waals surface area contributed by atoms with Gasteiger partial charge in [-0.2, -0.15) is 0 Å². The summed E-state index contributed by atoms with van der Waals surface area (Å²) in [5, 5.41) is 1.87. The van der Waals surface area contributed by atoms with Gasteiger partial charge in [0.2, 0.25) is 5.91 Å². The zero-order valence-electron chi connectivity index (χ0n) is 17.9. The van der Waals surface area contributed by atoms with E-state index in [0.717, 1.165) is 49.2 Å². The van der Waals surface area contributed by atoms with Gasteiger partial charge in [-0.15, -0.1) is 0 Å². The molecule has 1 aromatic carbocycles. The summed E-state index contributed by atoms with van der Waals surface area (Å²) in [6.45, 7) is 4.07. The molecule has 0 aromatic heterocycles. The van der Waals surface area contributed by atoms with Crippen LogP contribution >= 0.6 is 0 Å². The van der Waals surface area contributed by atoms with Crippen LogP contribution in [0.25, 0.3) is 0 Å². The molecule has 1 N–H and O–H groups in total. The van der Waals surface area contributed by atoms with Crippen molar-refractivity contribution in [2.24, 2.45) is 5.41 Å². The molecule has 1 unspecified atom stereocenters. The lowest BCUT2D eigenvalue weighted by atomic mass is 9.81. The molecular weight excluding hydrogens is 364 g/mol. The Labute approximate surface area is 174 Å². The third-order valence-corrected chi connectivity index (χ3v) is 6.69. The summed E-state index contributed by atoms with van der Waals surface area (Å²) in [6.07, 6.45) is 13.8. The van der Waals surface area contributed by atoms with E-state index in [2.05, 4.69) is 29.7 Å². The van der Waals surface area contributed by atoms with Gasteiger partial charge in [-0.1, -0.05) is 24.6 Å². The highest BCUT2D eigenvalue weighted by molar-refractivity contribution is 5.85. The molecule has 4 rings (SSSR count). The minimum absolute atomic E-state index is 0.0940. The van der Waals surface area contributed by atoms with Gasteiger partial charge >= 0.3 is 0 Å². The molecule has 1 aliphatic heterocycles. The normalized spacial score (nSPS) is 27.3. The largest absolute Gasteiger partial charge is 0.493 e. The van der Waals surface area contributed by atoms with Crippen LogP contribution in [0.1, 0.15) is 76.8 Å². The fourth-order valence-electron chi connectivity index (χ4n) is 4.86. The van der Waals surface area contributed by atoms with E-state index in [1.54, 1.807) is 7.11 Å². The number of methoxy groups -OCH3 is 1. The van der Waals surface area contributed by atoms with Gasteiger partial charge < -0.3 is 9.47 Å². The van der Waals surface area contributed by atoms with Crippen molar-refractivity contribution in [1.82, 2.24) is 10.4 Å². The average molecular weight is 399 g/mol. The Morgan fingerprint density at radius 3 is 2.59 bits per heavy atom. The molecule has 1 saturated carbocycles. The molecule has 5 nitrogen and oxygen atoms in total. The molecule has 0 bridgehead atoms. The first-order chi connectivity index (χ1) is 14.0. The molecule has 1 heterocycles. The van der Waals surface area contributed by atoms with E-state index in [1.165, 1.54) is 19.3 Å². The van der Waals surface area contributed by atoms with E-state index in [4.69, 9.17) is 9.47 Å². The van der Waals surface area contributed by atoms with Crippen LogP contribution in [0.15, 0.2) is 30.4 Å². The minimum atomic E-state index is -0.528. The third-order valence-electron chi connectivity index (χ3n) is 6.69.